The first kappa shape index (κ1) is 21.1. The molecule has 0 aliphatic heterocycles. The third-order valence-electron chi connectivity index (χ3n) is 4.64. The third kappa shape index (κ3) is 4.06. The zero-order valence-corrected chi connectivity index (χ0v) is 18.5. The van der Waals surface area contributed by atoms with E-state index in [9.17, 15) is 9.59 Å². The number of carbonyl (C=O) groups excluding carboxylic acids is 1. The number of hydrogen-bond acceptors (Lipinski definition) is 8. The predicted octanol–water partition coefficient (Wildman–Crippen LogP) is 3.66. The molecule has 0 spiro atoms. The lowest BCUT2D eigenvalue weighted by atomic mass is 10.1. The fourth-order valence-corrected chi connectivity index (χ4v) is 4.42. The van der Waals surface area contributed by atoms with Gasteiger partial charge in [-0.05, 0) is 42.7 Å². The van der Waals surface area contributed by atoms with Crippen molar-refractivity contribution in [2.75, 3.05) is 13.7 Å². The van der Waals surface area contributed by atoms with Gasteiger partial charge in [-0.1, -0.05) is 25.1 Å². The number of aromatic nitrogens is 4. The summed E-state index contributed by atoms with van der Waals surface area (Å²) in [5, 5.41) is 9.25. The van der Waals surface area contributed by atoms with Crippen LogP contribution >= 0.6 is 11.3 Å². The molecule has 0 unspecified atom stereocenters. The normalized spacial score (nSPS) is 11.5. The van der Waals surface area contributed by atoms with Gasteiger partial charge in [0.15, 0.2) is 0 Å². The van der Waals surface area contributed by atoms with Gasteiger partial charge in [0.2, 0.25) is 0 Å². The summed E-state index contributed by atoms with van der Waals surface area (Å²) in [7, 11) is 1.62. The molecule has 3 heterocycles. The number of nitrogens with zero attached hydrogens (tertiary/aromatic N) is 4. The maximum absolute atomic E-state index is 13.2. The molecule has 0 amide bonds. The number of carbonyl (C=O) groups is 1. The molecule has 0 aliphatic rings. The number of esters is 1. The second kappa shape index (κ2) is 8.52. The van der Waals surface area contributed by atoms with Crippen molar-refractivity contribution in [2.45, 2.75) is 27.4 Å². The van der Waals surface area contributed by atoms with Gasteiger partial charge in [0.1, 0.15) is 15.0 Å². The standard InChI is InChI=1S/C22H22N4O4S/c1-12(2)10-30-22(28)14-6-5-7-16(9-14)26-21(27)19-18(24-25-26)17-15(11-29-4)8-13(3)23-20(17)31-19/h5-9,12H,10-11H2,1-4H3. The van der Waals surface area contributed by atoms with Crippen LogP contribution in [0.3, 0.4) is 0 Å². The highest BCUT2D eigenvalue weighted by Gasteiger charge is 2.18. The van der Waals surface area contributed by atoms with Crippen molar-refractivity contribution in [1.29, 1.82) is 0 Å². The summed E-state index contributed by atoms with van der Waals surface area (Å²) in [4.78, 5) is 30.8. The van der Waals surface area contributed by atoms with Crippen molar-refractivity contribution >= 4 is 37.7 Å². The van der Waals surface area contributed by atoms with Crippen molar-refractivity contribution < 1.29 is 14.3 Å². The van der Waals surface area contributed by atoms with E-state index in [1.165, 1.54) is 16.0 Å². The van der Waals surface area contributed by atoms with E-state index in [2.05, 4.69) is 15.3 Å². The molecule has 4 aromatic rings. The zero-order valence-electron chi connectivity index (χ0n) is 17.7. The number of rotatable bonds is 6. The molecular weight excluding hydrogens is 416 g/mol. The summed E-state index contributed by atoms with van der Waals surface area (Å²) in [6.07, 6.45) is 0. The first-order valence-electron chi connectivity index (χ1n) is 9.84. The second-order valence-electron chi connectivity index (χ2n) is 7.66. The topological polar surface area (TPSA) is 96.2 Å². The van der Waals surface area contributed by atoms with Gasteiger partial charge in [0.05, 0.1) is 24.5 Å². The Hall–Kier alpha value is -3.17. The van der Waals surface area contributed by atoms with Crippen LogP contribution in [0.15, 0.2) is 35.1 Å². The van der Waals surface area contributed by atoms with Gasteiger partial charge in [0.25, 0.3) is 5.56 Å². The van der Waals surface area contributed by atoms with Crippen molar-refractivity contribution in [3.8, 4) is 5.69 Å². The highest BCUT2D eigenvalue weighted by atomic mass is 32.1. The highest BCUT2D eigenvalue weighted by molar-refractivity contribution is 7.25. The van der Waals surface area contributed by atoms with Gasteiger partial charge in [-0.25, -0.2) is 9.78 Å². The van der Waals surface area contributed by atoms with Crippen LogP contribution in [0.4, 0.5) is 0 Å². The van der Waals surface area contributed by atoms with E-state index in [1.807, 2.05) is 26.8 Å². The zero-order chi connectivity index (χ0) is 22.1. The molecular formula is C22H22N4O4S. The number of methoxy groups -OCH3 is 1. The lowest BCUT2D eigenvalue weighted by Gasteiger charge is -2.09. The van der Waals surface area contributed by atoms with Crippen LogP contribution in [0, 0.1) is 12.8 Å². The van der Waals surface area contributed by atoms with Crippen molar-refractivity contribution in [1.82, 2.24) is 20.0 Å². The van der Waals surface area contributed by atoms with Gasteiger partial charge < -0.3 is 9.47 Å². The monoisotopic (exact) mass is 438 g/mol. The fourth-order valence-electron chi connectivity index (χ4n) is 3.29. The maximum Gasteiger partial charge on any atom is 0.338 e. The Morgan fingerprint density at radius 2 is 2.06 bits per heavy atom. The van der Waals surface area contributed by atoms with Crippen molar-refractivity contribution in [2.24, 2.45) is 5.92 Å². The number of benzene rings is 1. The fraction of sp³-hybridized carbons (Fsp3) is 0.318. The Balaban J connectivity index is 1.81. The number of ether oxygens (including phenoxy) is 2. The molecule has 0 radical (unpaired) electrons. The Labute approximate surface area is 182 Å². The Morgan fingerprint density at radius 1 is 1.26 bits per heavy atom. The molecule has 1 aromatic carbocycles. The second-order valence-corrected chi connectivity index (χ2v) is 8.66. The lowest BCUT2D eigenvalue weighted by Crippen LogP contribution is -2.22. The molecule has 160 valence electrons. The SMILES string of the molecule is COCc1cc(C)nc2sc3c(=O)n(-c4cccc(C(=O)OCC(C)C)c4)nnc3c12. The minimum absolute atomic E-state index is 0.233. The first-order valence-corrected chi connectivity index (χ1v) is 10.7. The van der Waals surface area contributed by atoms with E-state index < -0.39 is 5.97 Å². The van der Waals surface area contributed by atoms with Crippen molar-refractivity contribution in [3.05, 3.63) is 57.5 Å². The number of pyridine rings is 1. The summed E-state index contributed by atoms with van der Waals surface area (Å²) in [5.74, 6) is -0.209. The third-order valence-corrected chi connectivity index (χ3v) is 5.70. The molecule has 0 atom stereocenters. The Kier molecular flexibility index (Phi) is 5.79. The van der Waals surface area contributed by atoms with Crippen LogP contribution in [0.2, 0.25) is 0 Å². The number of aryl methyl sites for hydroxylation is 1. The van der Waals surface area contributed by atoms with E-state index in [-0.39, 0.29) is 11.5 Å². The molecule has 0 N–H and O–H groups in total. The minimum Gasteiger partial charge on any atom is -0.462 e. The Bertz CT molecular complexity index is 1340. The summed E-state index contributed by atoms with van der Waals surface area (Å²) in [5.41, 5.74) is 2.74. The molecule has 4 rings (SSSR count). The summed E-state index contributed by atoms with van der Waals surface area (Å²) in [6.45, 7) is 6.54. The summed E-state index contributed by atoms with van der Waals surface area (Å²) in [6, 6.07) is 8.54. The maximum atomic E-state index is 13.2. The van der Waals surface area contributed by atoms with Crippen LogP contribution in [-0.4, -0.2) is 39.7 Å². The number of hydrogen-bond donors (Lipinski definition) is 0. The van der Waals surface area contributed by atoms with E-state index in [0.717, 1.165) is 21.5 Å². The molecule has 3 aromatic heterocycles. The van der Waals surface area contributed by atoms with Crippen LogP contribution in [-0.2, 0) is 16.1 Å². The number of fused-ring (bicyclic) bond motifs is 3. The smallest absolute Gasteiger partial charge is 0.338 e. The van der Waals surface area contributed by atoms with Crippen LogP contribution in [0.25, 0.3) is 26.1 Å². The summed E-state index contributed by atoms with van der Waals surface area (Å²) < 4.78 is 12.2. The van der Waals surface area contributed by atoms with Gasteiger partial charge in [0, 0.05) is 18.2 Å². The van der Waals surface area contributed by atoms with Gasteiger partial charge in [-0.2, -0.15) is 4.68 Å². The largest absolute Gasteiger partial charge is 0.462 e. The lowest BCUT2D eigenvalue weighted by molar-refractivity contribution is 0.0459. The molecule has 9 heteroatoms. The molecule has 0 fully saturated rings. The quantitative estimate of drug-likeness (QED) is 0.424. The van der Waals surface area contributed by atoms with E-state index in [0.29, 0.717) is 34.7 Å². The highest BCUT2D eigenvalue weighted by Crippen LogP contribution is 2.32. The van der Waals surface area contributed by atoms with E-state index >= 15 is 0 Å². The van der Waals surface area contributed by atoms with Gasteiger partial charge in [-0.15, -0.1) is 16.4 Å². The average Bonchev–Trinajstić information content (AvgIpc) is 3.12. The van der Waals surface area contributed by atoms with Crippen molar-refractivity contribution in [3.63, 3.8) is 0 Å². The van der Waals surface area contributed by atoms with Crippen LogP contribution in [0.5, 0.6) is 0 Å². The molecule has 0 aliphatic carbocycles. The molecule has 31 heavy (non-hydrogen) atoms. The molecule has 0 bridgehead atoms. The average molecular weight is 439 g/mol. The Morgan fingerprint density at radius 3 is 2.81 bits per heavy atom. The van der Waals surface area contributed by atoms with Gasteiger partial charge in [-0.3, -0.25) is 4.79 Å². The van der Waals surface area contributed by atoms with E-state index in [4.69, 9.17) is 9.47 Å². The molecule has 0 saturated heterocycles. The first-order chi connectivity index (χ1) is 14.9. The van der Waals surface area contributed by atoms with Crippen LogP contribution < -0.4 is 5.56 Å². The number of thiophene rings is 1. The predicted molar refractivity (Wildman–Crippen MR) is 119 cm³/mol. The summed E-state index contributed by atoms with van der Waals surface area (Å²) >= 11 is 1.28. The minimum atomic E-state index is -0.441. The van der Waals surface area contributed by atoms with Gasteiger partial charge >= 0.3 is 5.97 Å². The molecule has 0 saturated carbocycles. The van der Waals surface area contributed by atoms with Crippen LogP contribution in [0.1, 0.15) is 35.5 Å². The molecule has 8 nitrogen and oxygen atoms in total. The van der Waals surface area contributed by atoms with E-state index in [1.54, 1.807) is 31.4 Å².